The minimum Gasteiger partial charge on any atom is -0.339 e. The van der Waals surface area contributed by atoms with Gasteiger partial charge in [0.25, 0.3) is 5.91 Å². The molecule has 1 aromatic carbocycles. The molecule has 2 heterocycles. The number of anilines is 1. The molecule has 0 atom stereocenters. The zero-order chi connectivity index (χ0) is 15.5. The standard InChI is InChI=1S/C15H15N5O2/c1-3-13-18-14(19-22-13)10-5-4-6-11(9-10)17-15(21)12-7-8-16-20(12)2/h4-9H,3H2,1-2H3,(H,17,21). The summed E-state index contributed by atoms with van der Waals surface area (Å²) in [6, 6.07) is 8.96. The zero-order valence-corrected chi connectivity index (χ0v) is 12.3. The molecule has 0 radical (unpaired) electrons. The lowest BCUT2D eigenvalue weighted by atomic mass is 10.2. The van der Waals surface area contributed by atoms with Crippen LogP contribution in [0, 0.1) is 0 Å². The van der Waals surface area contributed by atoms with Crippen molar-refractivity contribution in [2.24, 2.45) is 7.05 Å². The fourth-order valence-electron chi connectivity index (χ4n) is 2.04. The SMILES string of the molecule is CCc1nc(-c2cccc(NC(=O)c3ccnn3C)c2)no1. The van der Waals surface area contributed by atoms with E-state index in [1.54, 1.807) is 31.4 Å². The van der Waals surface area contributed by atoms with Crippen molar-refractivity contribution in [2.45, 2.75) is 13.3 Å². The van der Waals surface area contributed by atoms with E-state index in [2.05, 4.69) is 20.6 Å². The summed E-state index contributed by atoms with van der Waals surface area (Å²) in [7, 11) is 1.72. The van der Waals surface area contributed by atoms with Gasteiger partial charge in [-0.3, -0.25) is 9.48 Å². The Kier molecular flexibility index (Phi) is 3.69. The lowest BCUT2D eigenvalue weighted by molar-refractivity contribution is 0.101. The quantitative estimate of drug-likeness (QED) is 0.798. The summed E-state index contributed by atoms with van der Waals surface area (Å²) in [6.07, 6.45) is 2.26. The average molecular weight is 297 g/mol. The maximum absolute atomic E-state index is 12.2. The van der Waals surface area contributed by atoms with E-state index in [0.29, 0.717) is 29.5 Å². The maximum atomic E-state index is 12.2. The highest BCUT2D eigenvalue weighted by molar-refractivity contribution is 6.03. The van der Waals surface area contributed by atoms with Gasteiger partial charge in [-0.05, 0) is 18.2 Å². The van der Waals surface area contributed by atoms with E-state index >= 15 is 0 Å². The molecule has 112 valence electrons. The predicted molar refractivity (Wildman–Crippen MR) is 80.3 cm³/mol. The highest BCUT2D eigenvalue weighted by atomic mass is 16.5. The van der Waals surface area contributed by atoms with Gasteiger partial charge in [-0.15, -0.1) is 0 Å². The van der Waals surface area contributed by atoms with Crippen molar-refractivity contribution >= 4 is 11.6 Å². The van der Waals surface area contributed by atoms with Crippen LogP contribution in [0.4, 0.5) is 5.69 Å². The highest BCUT2D eigenvalue weighted by Gasteiger charge is 2.12. The molecule has 0 aliphatic heterocycles. The molecule has 0 aliphatic carbocycles. The molecule has 7 heteroatoms. The molecule has 1 amide bonds. The Balaban J connectivity index is 1.82. The molecule has 0 saturated carbocycles. The zero-order valence-electron chi connectivity index (χ0n) is 12.3. The molecule has 0 unspecified atom stereocenters. The topological polar surface area (TPSA) is 85.8 Å². The van der Waals surface area contributed by atoms with E-state index in [4.69, 9.17) is 4.52 Å². The normalized spacial score (nSPS) is 10.6. The molecule has 1 N–H and O–H groups in total. The molecule has 2 aromatic heterocycles. The van der Waals surface area contributed by atoms with Crippen molar-refractivity contribution in [1.29, 1.82) is 0 Å². The summed E-state index contributed by atoms with van der Waals surface area (Å²) >= 11 is 0. The number of amides is 1. The van der Waals surface area contributed by atoms with Gasteiger partial charge in [0.2, 0.25) is 11.7 Å². The molecule has 0 fully saturated rings. The van der Waals surface area contributed by atoms with Gasteiger partial charge in [0.15, 0.2) is 0 Å². The average Bonchev–Trinajstić information content (AvgIpc) is 3.16. The smallest absolute Gasteiger partial charge is 0.273 e. The van der Waals surface area contributed by atoms with Crippen LogP contribution in [-0.2, 0) is 13.5 Å². The van der Waals surface area contributed by atoms with Crippen LogP contribution in [0.3, 0.4) is 0 Å². The summed E-state index contributed by atoms with van der Waals surface area (Å²) in [4.78, 5) is 16.5. The molecule has 0 aliphatic rings. The van der Waals surface area contributed by atoms with Crippen LogP contribution in [0.2, 0.25) is 0 Å². The molecule has 7 nitrogen and oxygen atoms in total. The van der Waals surface area contributed by atoms with E-state index in [0.717, 1.165) is 5.56 Å². The molecule has 3 rings (SSSR count). The van der Waals surface area contributed by atoms with E-state index in [1.165, 1.54) is 4.68 Å². The number of carbonyl (C=O) groups is 1. The van der Waals surface area contributed by atoms with Gasteiger partial charge in [0.1, 0.15) is 5.69 Å². The van der Waals surface area contributed by atoms with Gasteiger partial charge in [0, 0.05) is 30.9 Å². The monoisotopic (exact) mass is 297 g/mol. The Morgan fingerprint density at radius 3 is 2.91 bits per heavy atom. The van der Waals surface area contributed by atoms with Crippen LogP contribution in [-0.4, -0.2) is 25.8 Å². The Morgan fingerprint density at radius 2 is 2.23 bits per heavy atom. The molecule has 0 saturated heterocycles. The summed E-state index contributed by atoms with van der Waals surface area (Å²) in [5.74, 6) is 0.868. The number of carbonyl (C=O) groups excluding carboxylic acids is 1. The van der Waals surface area contributed by atoms with Crippen LogP contribution in [0.5, 0.6) is 0 Å². The second-order valence-electron chi connectivity index (χ2n) is 4.74. The maximum Gasteiger partial charge on any atom is 0.273 e. The number of hydrogen-bond acceptors (Lipinski definition) is 5. The fraction of sp³-hybridized carbons (Fsp3) is 0.200. The molecule has 0 spiro atoms. The Bertz CT molecular complexity index is 806. The van der Waals surface area contributed by atoms with Crippen LogP contribution in [0.25, 0.3) is 11.4 Å². The van der Waals surface area contributed by atoms with Crippen molar-refractivity contribution in [1.82, 2.24) is 19.9 Å². The van der Waals surface area contributed by atoms with E-state index in [1.807, 2.05) is 19.1 Å². The van der Waals surface area contributed by atoms with Crippen LogP contribution in [0.15, 0.2) is 41.1 Å². The number of rotatable bonds is 4. The fourth-order valence-corrected chi connectivity index (χ4v) is 2.04. The van der Waals surface area contributed by atoms with Crippen molar-refractivity contribution < 1.29 is 9.32 Å². The first-order valence-corrected chi connectivity index (χ1v) is 6.89. The third kappa shape index (κ3) is 2.73. The third-order valence-corrected chi connectivity index (χ3v) is 3.20. The summed E-state index contributed by atoms with van der Waals surface area (Å²) in [6.45, 7) is 1.95. The Labute approximate surface area is 127 Å². The molecular weight excluding hydrogens is 282 g/mol. The van der Waals surface area contributed by atoms with Gasteiger partial charge in [-0.1, -0.05) is 24.2 Å². The van der Waals surface area contributed by atoms with E-state index in [9.17, 15) is 4.79 Å². The first-order valence-electron chi connectivity index (χ1n) is 6.89. The molecule has 0 bridgehead atoms. The van der Waals surface area contributed by atoms with Crippen molar-refractivity contribution in [3.63, 3.8) is 0 Å². The number of benzene rings is 1. The van der Waals surface area contributed by atoms with Crippen LogP contribution >= 0.6 is 0 Å². The third-order valence-electron chi connectivity index (χ3n) is 3.20. The number of aryl methyl sites for hydroxylation is 2. The lowest BCUT2D eigenvalue weighted by Crippen LogP contribution is -2.16. The Morgan fingerprint density at radius 1 is 1.36 bits per heavy atom. The van der Waals surface area contributed by atoms with E-state index < -0.39 is 0 Å². The van der Waals surface area contributed by atoms with Crippen molar-refractivity contribution in [2.75, 3.05) is 5.32 Å². The van der Waals surface area contributed by atoms with E-state index in [-0.39, 0.29) is 5.91 Å². The van der Waals surface area contributed by atoms with Gasteiger partial charge >= 0.3 is 0 Å². The minimum absolute atomic E-state index is 0.223. The van der Waals surface area contributed by atoms with Gasteiger partial charge in [-0.25, -0.2) is 0 Å². The minimum atomic E-state index is -0.223. The van der Waals surface area contributed by atoms with Crippen LogP contribution < -0.4 is 5.32 Å². The molecule has 22 heavy (non-hydrogen) atoms. The number of hydrogen-bond donors (Lipinski definition) is 1. The van der Waals surface area contributed by atoms with Gasteiger partial charge < -0.3 is 9.84 Å². The first kappa shape index (κ1) is 14.0. The second-order valence-corrected chi connectivity index (χ2v) is 4.74. The summed E-state index contributed by atoms with van der Waals surface area (Å²) < 4.78 is 6.62. The molecular formula is C15H15N5O2. The highest BCUT2D eigenvalue weighted by Crippen LogP contribution is 2.20. The second kappa shape index (κ2) is 5.80. The first-order chi connectivity index (χ1) is 10.7. The number of aromatic nitrogens is 4. The predicted octanol–water partition coefficient (Wildman–Crippen LogP) is 2.28. The molecule has 3 aromatic rings. The van der Waals surface area contributed by atoms with Crippen molar-refractivity contribution in [3.8, 4) is 11.4 Å². The Hall–Kier alpha value is -2.96. The lowest BCUT2D eigenvalue weighted by Gasteiger charge is -2.06. The van der Waals surface area contributed by atoms with Crippen LogP contribution in [0.1, 0.15) is 23.3 Å². The van der Waals surface area contributed by atoms with Crippen molar-refractivity contribution in [3.05, 3.63) is 48.1 Å². The number of nitrogens with zero attached hydrogens (tertiary/aromatic N) is 4. The summed E-state index contributed by atoms with van der Waals surface area (Å²) in [5, 5.41) is 10.7. The summed E-state index contributed by atoms with van der Waals surface area (Å²) in [5.41, 5.74) is 1.93. The van der Waals surface area contributed by atoms with Gasteiger partial charge in [0.05, 0.1) is 0 Å². The van der Waals surface area contributed by atoms with Gasteiger partial charge in [-0.2, -0.15) is 10.1 Å². The largest absolute Gasteiger partial charge is 0.339 e. The number of nitrogens with one attached hydrogen (secondary N) is 1.